The number of nitrogens with two attached hydrogens (primary N) is 1. The van der Waals surface area contributed by atoms with Crippen LogP contribution in [0.2, 0.25) is 0 Å². The van der Waals surface area contributed by atoms with Crippen molar-refractivity contribution in [3.8, 4) is 10.4 Å². The summed E-state index contributed by atoms with van der Waals surface area (Å²) in [6.07, 6.45) is 2.33. The summed E-state index contributed by atoms with van der Waals surface area (Å²) < 4.78 is 10.6. The Morgan fingerprint density at radius 1 is 1.61 bits per heavy atom. The van der Waals surface area contributed by atoms with Gasteiger partial charge in [-0.05, 0) is 34.0 Å². The Kier molecular flexibility index (Phi) is 3.77. The number of rotatable bonds is 3. The Morgan fingerprint density at radius 3 is 2.83 bits per heavy atom. The predicted molar refractivity (Wildman–Crippen MR) is 74.9 cm³/mol. The minimum Gasteiger partial charge on any atom is -0.465 e. The van der Waals surface area contributed by atoms with Crippen molar-refractivity contribution in [3.63, 3.8) is 0 Å². The first-order chi connectivity index (χ1) is 8.60. The number of esters is 1. The highest BCUT2D eigenvalue weighted by Crippen LogP contribution is 2.42. The van der Waals surface area contributed by atoms with Crippen LogP contribution >= 0.6 is 27.3 Å². The van der Waals surface area contributed by atoms with Crippen molar-refractivity contribution in [2.24, 2.45) is 0 Å². The van der Waals surface area contributed by atoms with Crippen LogP contribution in [0.1, 0.15) is 22.2 Å². The Bertz CT molecular complexity index is 588. The molecule has 0 radical (unpaired) electrons. The van der Waals surface area contributed by atoms with E-state index in [2.05, 4.69) is 15.9 Å². The zero-order valence-electron chi connectivity index (χ0n) is 9.95. The minimum atomic E-state index is -0.405. The zero-order chi connectivity index (χ0) is 13.3. The van der Waals surface area contributed by atoms with E-state index in [1.807, 2.05) is 13.0 Å². The molecule has 0 aromatic carbocycles. The van der Waals surface area contributed by atoms with Gasteiger partial charge in [0.25, 0.3) is 0 Å². The number of hydrogen-bond acceptors (Lipinski definition) is 5. The average Bonchev–Trinajstić information content (AvgIpc) is 2.91. The molecule has 0 atom stereocenters. The van der Waals surface area contributed by atoms with Gasteiger partial charge in [0.2, 0.25) is 0 Å². The van der Waals surface area contributed by atoms with Gasteiger partial charge >= 0.3 is 5.97 Å². The Morgan fingerprint density at radius 2 is 2.33 bits per heavy atom. The van der Waals surface area contributed by atoms with Gasteiger partial charge in [-0.25, -0.2) is 4.79 Å². The van der Waals surface area contributed by atoms with Crippen LogP contribution in [0.4, 0.5) is 5.69 Å². The zero-order valence-corrected chi connectivity index (χ0v) is 12.4. The summed E-state index contributed by atoms with van der Waals surface area (Å²) in [6, 6.07) is 1.84. The second-order valence-electron chi connectivity index (χ2n) is 3.61. The van der Waals surface area contributed by atoms with Gasteiger partial charge in [-0.2, -0.15) is 0 Å². The summed E-state index contributed by atoms with van der Waals surface area (Å²) >= 11 is 4.66. The third-order valence-corrected chi connectivity index (χ3v) is 4.51. The van der Waals surface area contributed by atoms with Crippen molar-refractivity contribution < 1.29 is 13.9 Å². The molecule has 0 aliphatic carbocycles. The Labute approximate surface area is 117 Å². The number of furan rings is 1. The van der Waals surface area contributed by atoms with Crippen LogP contribution in [0.15, 0.2) is 21.4 Å². The molecule has 0 saturated heterocycles. The summed E-state index contributed by atoms with van der Waals surface area (Å²) in [4.78, 5) is 13.0. The van der Waals surface area contributed by atoms with E-state index < -0.39 is 5.97 Å². The number of carbonyl (C=O) groups is 1. The SMILES string of the molecule is CCc1c(-c2ccoc2Br)sc(C(=O)OC)c1N. The lowest BCUT2D eigenvalue weighted by Crippen LogP contribution is -2.02. The molecule has 96 valence electrons. The van der Waals surface area contributed by atoms with Gasteiger partial charge in [-0.3, -0.25) is 0 Å². The molecule has 0 aliphatic heterocycles. The number of halogens is 1. The van der Waals surface area contributed by atoms with E-state index in [1.165, 1.54) is 18.4 Å². The normalized spacial score (nSPS) is 10.6. The van der Waals surface area contributed by atoms with Gasteiger partial charge < -0.3 is 14.9 Å². The van der Waals surface area contributed by atoms with E-state index in [9.17, 15) is 4.79 Å². The smallest absolute Gasteiger partial charge is 0.350 e. The van der Waals surface area contributed by atoms with Crippen LogP contribution in [0.3, 0.4) is 0 Å². The maximum absolute atomic E-state index is 11.6. The van der Waals surface area contributed by atoms with Gasteiger partial charge in [0, 0.05) is 10.4 Å². The fourth-order valence-electron chi connectivity index (χ4n) is 1.75. The number of anilines is 1. The molecular weight excluding hydrogens is 318 g/mol. The maximum Gasteiger partial charge on any atom is 0.350 e. The standard InChI is InChI=1S/C12H12BrNO3S/c1-3-6-8(14)10(12(15)16-2)18-9(6)7-4-5-17-11(7)13/h4-5H,3,14H2,1-2H3. The van der Waals surface area contributed by atoms with Crippen LogP contribution in [0.25, 0.3) is 10.4 Å². The lowest BCUT2D eigenvalue weighted by Gasteiger charge is -2.00. The van der Waals surface area contributed by atoms with E-state index in [-0.39, 0.29) is 0 Å². The molecular formula is C12H12BrNO3S. The fourth-order valence-corrected chi connectivity index (χ4v) is 3.57. The molecule has 0 aliphatic rings. The summed E-state index contributed by atoms with van der Waals surface area (Å²) in [6.45, 7) is 2.00. The second kappa shape index (κ2) is 5.16. The van der Waals surface area contributed by atoms with Crippen LogP contribution in [-0.2, 0) is 11.2 Å². The van der Waals surface area contributed by atoms with Crippen molar-refractivity contribution in [1.82, 2.24) is 0 Å². The number of nitrogen functional groups attached to an aromatic ring is 1. The van der Waals surface area contributed by atoms with E-state index in [0.717, 1.165) is 22.4 Å². The summed E-state index contributed by atoms with van der Waals surface area (Å²) in [7, 11) is 1.35. The molecule has 0 bridgehead atoms. The van der Waals surface area contributed by atoms with Crippen LogP contribution in [-0.4, -0.2) is 13.1 Å². The van der Waals surface area contributed by atoms with E-state index in [0.29, 0.717) is 15.2 Å². The largest absolute Gasteiger partial charge is 0.465 e. The number of carbonyl (C=O) groups excluding carboxylic acids is 1. The first kappa shape index (κ1) is 13.2. The van der Waals surface area contributed by atoms with Crippen molar-refractivity contribution in [2.45, 2.75) is 13.3 Å². The van der Waals surface area contributed by atoms with Gasteiger partial charge in [0.15, 0.2) is 4.67 Å². The van der Waals surface area contributed by atoms with Crippen molar-refractivity contribution >= 4 is 38.9 Å². The first-order valence-corrected chi connectivity index (χ1v) is 6.93. The van der Waals surface area contributed by atoms with Crippen LogP contribution in [0.5, 0.6) is 0 Å². The highest BCUT2D eigenvalue weighted by atomic mass is 79.9. The molecule has 0 saturated carbocycles. The van der Waals surface area contributed by atoms with Gasteiger partial charge in [0.1, 0.15) is 4.88 Å². The summed E-state index contributed by atoms with van der Waals surface area (Å²) in [5, 5.41) is 0. The van der Waals surface area contributed by atoms with E-state index in [4.69, 9.17) is 14.9 Å². The number of ether oxygens (including phenoxy) is 1. The Hall–Kier alpha value is -1.27. The van der Waals surface area contributed by atoms with Gasteiger partial charge in [0.05, 0.1) is 19.1 Å². The van der Waals surface area contributed by atoms with E-state index >= 15 is 0 Å². The first-order valence-electron chi connectivity index (χ1n) is 5.32. The number of methoxy groups -OCH3 is 1. The Balaban J connectivity index is 2.62. The molecule has 18 heavy (non-hydrogen) atoms. The molecule has 2 aromatic heterocycles. The predicted octanol–water partition coefficient (Wildman–Crippen LogP) is 3.70. The topological polar surface area (TPSA) is 65.5 Å². The third-order valence-electron chi connectivity index (χ3n) is 2.63. The molecule has 2 aromatic rings. The van der Waals surface area contributed by atoms with Gasteiger partial charge in [-0.1, -0.05) is 6.92 Å². The molecule has 2 N–H and O–H groups in total. The summed E-state index contributed by atoms with van der Waals surface area (Å²) in [5.41, 5.74) is 8.36. The van der Waals surface area contributed by atoms with E-state index in [1.54, 1.807) is 6.26 Å². The molecule has 4 nitrogen and oxygen atoms in total. The van der Waals surface area contributed by atoms with Crippen molar-refractivity contribution in [1.29, 1.82) is 0 Å². The highest BCUT2D eigenvalue weighted by molar-refractivity contribution is 9.10. The molecule has 2 rings (SSSR count). The highest BCUT2D eigenvalue weighted by Gasteiger charge is 2.23. The fraction of sp³-hybridized carbons (Fsp3) is 0.250. The van der Waals surface area contributed by atoms with Crippen molar-refractivity contribution in [2.75, 3.05) is 12.8 Å². The lowest BCUT2D eigenvalue weighted by molar-refractivity contribution is 0.0607. The second-order valence-corrected chi connectivity index (χ2v) is 5.35. The lowest BCUT2D eigenvalue weighted by atomic mass is 10.1. The number of hydrogen-bond donors (Lipinski definition) is 1. The minimum absolute atomic E-state index is 0.405. The number of thiophene rings is 1. The van der Waals surface area contributed by atoms with Gasteiger partial charge in [-0.15, -0.1) is 11.3 Å². The molecule has 2 heterocycles. The van der Waals surface area contributed by atoms with Crippen molar-refractivity contribution in [3.05, 3.63) is 27.4 Å². The molecule has 0 fully saturated rings. The van der Waals surface area contributed by atoms with Crippen LogP contribution in [0, 0.1) is 0 Å². The quantitative estimate of drug-likeness (QED) is 0.872. The molecule has 0 unspecified atom stereocenters. The molecule has 6 heteroatoms. The third kappa shape index (κ3) is 2.06. The monoisotopic (exact) mass is 329 g/mol. The van der Waals surface area contributed by atoms with Crippen LogP contribution < -0.4 is 5.73 Å². The summed E-state index contributed by atoms with van der Waals surface area (Å²) in [5.74, 6) is -0.405. The molecule has 0 amide bonds. The average molecular weight is 330 g/mol. The maximum atomic E-state index is 11.6. The molecule has 0 spiro atoms.